The van der Waals surface area contributed by atoms with Crippen molar-refractivity contribution in [3.05, 3.63) is 42.6 Å². The molecule has 3 aromatic rings. The normalized spacial score (nSPS) is 11.4. The molecule has 7 nitrogen and oxygen atoms in total. The summed E-state index contributed by atoms with van der Waals surface area (Å²) in [6, 6.07) is 9.84. The van der Waals surface area contributed by atoms with Crippen LogP contribution in [0.15, 0.2) is 47.5 Å². The van der Waals surface area contributed by atoms with Gasteiger partial charge in [0.15, 0.2) is 11.5 Å². The molecular formula is C17H19N3O4S. The van der Waals surface area contributed by atoms with Crippen LogP contribution in [0.1, 0.15) is 13.8 Å². The van der Waals surface area contributed by atoms with Crippen LogP contribution in [-0.4, -0.2) is 31.8 Å². The molecule has 0 aliphatic heterocycles. The molecule has 1 heterocycles. The lowest BCUT2D eigenvalue weighted by atomic mass is 10.2. The van der Waals surface area contributed by atoms with Gasteiger partial charge in [-0.1, -0.05) is 12.1 Å². The monoisotopic (exact) mass is 361 g/mol. The maximum Gasteiger partial charge on any atom is 0.262 e. The van der Waals surface area contributed by atoms with Gasteiger partial charge in [-0.05, 0) is 32.0 Å². The van der Waals surface area contributed by atoms with Crippen molar-refractivity contribution in [3.8, 4) is 11.5 Å². The van der Waals surface area contributed by atoms with Gasteiger partial charge in [-0.25, -0.2) is 8.42 Å². The molecule has 1 aromatic heterocycles. The van der Waals surface area contributed by atoms with E-state index in [2.05, 4.69) is 14.9 Å². The second-order valence-electron chi connectivity index (χ2n) is 5.22. The summed E-state index contributed by atoms with van der Waals surface area (Å²) in [5.41, 5.74) is 1.06. The Bertz CT molecular complexity index is 982. The third kappa shape index (κ3) is 3.53. The van der Waals surface area contributed by atoms with Crippen molar-refractivity contribution in [1.29, 1.82) is 0 Å². The Balaban J connectivity index is 1.96. The molecule has 0 amide bonds. The zero-order valence-corrected chi connectivity index (χ0v) is 14.8. The first kappa shape index (κ1) is 17.1. The summed E-state index contributed by atoms with van der Waals surface area (Å²) in [6.45, 7) is 4.55. The summed E-state index contributed by atoms with van der Waals surface area (Å²) in [5, 5.41) is 7.56. The van der Waals surface area contributed by atoms with Crippen molar-refractivity contribution >= 4 is 26.6 Å². The van der Waals surface area contributed by atoms with Crippen molar-refractivity contribution in [2.75, 3.05) is 17.9 Å². The molecule has 0 saturated heterocycles. The van der Waals surface area contributed by atoms with Crippen LogP contribution in [0.25, 0.3) is 10.9 Å². The average molecular weight is 361 g/mol. The fourth-order valence-corrected chi connectivity index (χ4v) is 3.54. The molecule has 25 heavy (non-hydrogen) atoms. The standard InChI is InChI=1S/C17H19N3O4S/c1-3-23-15-9-8-13(10-16(15)24-4-2)25(21,22)20-14-7-5-6-12-11-18-19-17(12)14/h5-11,20H,3-4H2,1-2H3,(H,18,19). The van der Waals surface area contributed by atoms with E-state index < -0.39 is 10.0 Å². The minimum Gasteiger partial charge on any atom is -0.490 e. The van der Waals surface area contributed by atoms with Crippen LogP contribution in [0.2, 0.25) is 0 Å². The molecule has 0 unspecified atom stereocenters. The first-order chi connectivity index (χ1) is 12.0. The molecule has 8 heteroatoms. The highest BCUT2D eigenvalue weighted by atomic mass is 32.2. The Labute approximate surface area is 146 Å². The van der Waals surface area contributed by atoms with E-state index in [0.717, 1.165) is 5.39 Å². The SMILES string of the molecule is CCOc1ccc(S(=O)(=O)Nc2cccc3cn[nH]c23)cc1OCC. The van der Waals surface area contributed by atoms with Gasteiger partial charge >= 0.3 is 0 Å². The number of para-hydroxylation sites is 1. The fourth-order valence-electron chi connectivity index (χ4n) is 2.46. The highest BCUT2D eigenvalue weighted by Crippen LogP contribution is 2.31. The Morgan fingerprint density at radius 2 is 1.84 bits per heavy atom. The zero-order chi connectivity index (χ0) is 17.9. The van der Waals surface area contributed by atoms with Crippen molar-refractivity contribution in [2.24, 2.45) is 0 Å². The predicted molar refractivity (Wildman–Crippen MR) is 95.7 cm³/mol. The summed E-state index contributed by atoms with van der Waals surface area (Å²) in [7, 11) is -3.79. The number of H-pyrrole nitrogens is 1. The number of anilines is 1. The highest BCUT2D eigenvalue weighted by molar-refractivity contribution is 7.92. The Hall–Kier alpha value is -2.74. The molecule has 0 aliphatic rings. The van der Waals surface area contributed by atoms with Crippen LogP contribution < -0.4 is 14.2 Å². The summed E-state index contributed by atoms with van der Waals surface area (Å²) in [5.74, 6) is 0.908. The topological polar surface area (TPSA) is 93.3 Å². The summed E-state index contributed by atoms with van der Waals surface area (Å²) in [6.07, 6.45) is 1.64. The molecule has 3 rings (SSSR count). The van der Waals surface area contributed by atoms with Gasteiger partial charge < -0.3 is 9.47 Å². The molecule has 0 fully saturated rings. The number of ether oxygens (including phenoxy) is 2. The van der Waals surface area contributed by atoms with Gasteiger partial charge in [-0.15, -0.1) is 0 Å². The number of hydrogen-bond acceptors (Lipinski definition) is 5. The number of fused-ring (bicyclic) bond motifs is 1. The smallest absolute Gasteiger partial charge is 0.262 e. The van der Waals surface area contributed by atoms with Gasteiger partial charge in [0.25, 0.3) is 10.0 Å². The van der Waals surface area contributed by atoms with E-state index in [9.17, 15) is 8.42 Å². The van der Waals surface area contributed by atoms with E-state index in [1.165, 1.54) is 12.1 Å². The number of rotatable bonds is 7. The van der Waals surface area contributed by atoms with Gasteiger partial charge in [-0.2, -0.15) is 5.10 Å². The molecule has 0 aliphatic carbocycles. The average Bonchev–Trinajstić information content (AvgIpc) is 3.06. The molecule has 0 spiro atoms. The van der Waals surface area contributed by atoms with Gasteiger partial charge in [0.05, 0.1) is 35.5 Å². The van der Waals surface area contributed by atoms with Gasteiger partial charge in [-0.3, -0.25) is 9.82 Å². The molecule has 0 bridgehead atoms. The van der Waals surface area contributed by atoms with E-state index in [0.29, 0.717) is 35.9 Å². The first-order valence-electron chi connectivity index (χ1n) is 7.89. The highest BCUT2D eigenvalue weighted by Gasteiger charge is 2.19. The quantitative estimate of drug-likeness (QED) is 0.674. The van der Waals surface area contributed by atoms with Crippen LogP contribution in [0, 0.1) is 0 Å². The number of sulfonamides is 1. The second kappa shape index (κ2) is 7.02. The second-order valence-corrected chi connectivity index (χ2v) is 6.90. The molecule has 0 saturated carbocycles. The van der Waals surface area contributed by atoms with Crippen LogP contribution >= 0.6 is 0 Å². The van der Waals surface area contributed by atoms with Gasteiger partial charge in [0.1, 0.15) is 0 Å². The Morgan fingerprint density at radius 3 is 2.60 bits per heavy atom. The van der Waals surface area contributed by atoms with E-state index in [-0.39, 0.29) is 4.90 Å². The maximum absolute atomic E-state index is 12.8. The summed E-state index contributed by atoms with van der Waals surface area (Å²) >= 11 is 0. The number of aromatic nitrogens is 2. The van der Waals surface area contributed by atoms with Crippen LogP contribution in [-0.2, 0) is 10.0 Å². The Kier molecular flexibility index (Phi) is 4.80. The van der Waals surface area contributed by atoms with E-state index in [1.807, 2.05) is 19.9 Å². The molecular weight excluding hydrogens is 342 g/mol. The third-order valence-electron chi connectivity index (χ3n) is 3.55. The fraction of sp³-hybridized carbons (Fsp3) is 0.235. The van der Waals surface area contributed by atoms with E-state index >= 15 is 0 Å². The van der Waals surface area contributed by atoms with Crippen LogP contribution in [0.3, 0.4) is 0 Å². The van der Waals surface area contributed by atoms with Crippen molar-refractivity contribution in [3.63, 3.8) is 0 Å². The van der Waals surface area contributed by atoms with Crippen molar-refractivity contribution in [1.82, 2.24) is 10.2 Å². The molecule has 132 valence electrons. The van der Waals surface area contributed by atoms with Crippen LogP contribution in [0.4, 0.5) is 5.69 Å². The number of nitrogens with one attached hydrogen (secondary N) is 2. The molecule has 0 radical (unpaired) electrons. The van der Waals surface area contributed by atoms with Crippen LogP contribution in [0.5, 0.6) is 11.5 Å². The minimum absolute atomic E-state index is 0.0934. The lowest BCUT2D eigenvalue weighted by Crippen LogP contribution is -2.13. The number of aromatic amines is 1. The number of nitrogens with zero attached hydrogens (tertiary/aromatic N) is 1. The summed E-state index contributed by atoms with van der Waals surface area (Å²) < 4.78 is 39.1. The lowest BCUT2D eigenvalue weighted by Gasteiger charge is -2.13. The zero-order valence-electron chi connectivity index (χ0n) is 13.9. The number of hydrogen-bond donors (Lipinski definition) is 2. The largest absolute Gasteiger partial charge is 0.490 e. The molecule has 0 atom stereocenters. The van der Waals surface area contributed by atoms with E-state index in [1.54, 1.807) is 24.4 Å². The van der Waals surface area contributed by atoms with Gasteiger partial charge in [0, 0.05) is 11.5 Å². The molecule has 2 aromatic carbocycles. The lowest BCUT2D eigenvalue weighted by molar-refractivity contribution is 0.287. The first-order valence-corrected chi connectivity index (χ1v) is 9.38. The minimum atomic E-state index is -3.79. The predicted octanol–water partition coefficient (Wildman–Crippen LogP) is 3.16. The Morgan fingerprint density at radius 1 is 1.08 bits per heavy atom. The van der Waals surface area contributed by atoms with E-state index in [4.69, 9.17) is 9.47 Å². The third-order valence-corrected chi connectivity index (χ3v) is 4.91. The molecule has 2 N–H and O–H groups in total. The van der Waals surface area contributed by atoms with Crippen molar-refractivity contribution < 1.29 is 17.9 Å². The summed E-state index contributed by atoms with van der Waals surface area (Å²) in [4.78, 5) is 0.0934. The van der Waals surface area contributed by atoms with Gasteiger partial charge in [0.2, 0.25) is 0 Å². The maximum atomic E-state index is 12.8. The van der Waals surface area contributed by atoms with Crippen molar-refractivity contribution in [2.45, 2.75) is 18.7 Å². The number of benzene rings is 2.